The van der Waals surface area contributed by atoms with E-state index in [2.05, 4.69) is 5.32 Å². The number of hydrogen-bond acceptors (Lipinski definition) is 1. The van der Waals surface area contributed by atoms with E-state index < -0.39 is 0 Å². The second-order valence-electron chi connectivity index (χ2n) is 2.78. The van der Waals surface area contributed by atoms with Crippen LogP contribution in [-0.4, -0.2) is 13.2 Å². The molecule has 1 nitrogen and oxygen atoms in total. The summed E-state index contributed by atoms with van der Waals surface area (Å²) in [6, 6.07) is 8.02. The Balaban J connectivity index is 2.46. The van der Waals surface area contributed by atoms with Crippen LogP contribution in [0.1, 0.15) is 12.0 Å². The van der Waals surface area contributed by atoms with E-state index in [0.717, 1.165) is 5.69 Å². The second kappa shape index (κ2) is 4.75. The molecule has 2 heteroatoms. The highest BCUT2D eigenvalue weighted by Crippen LogP contribution is 2.12. The quantitative estimate of drug-likeness (QED) is 0.680. The molecule has 1 rings (SSSR count). The van der Waals surface area contributed by atoms with Crippen molar-refractivity contribution in [3.8, 4) is 0 Å². The number of aryl methyl sites for hydroxylation is 1. The smallest absolute Gasteiger partial charge is 0.0911 e. The van der Waals surface area contributed by atoms with Crippen molar-refractivity contribution in [2.24, 2.45) is 0 Å². The predicted octanol–water partition coefficient (Wildman–Crippen LogP) is 2.77. The van der Waals surface area contributed by atoms with Gasteiger partial charge in [0.25, 0.3) is 0 Å². The van der Waals surface area contributed by atoms with Crippen molar-refractivity contribution in [2.45, 2.75) is 13.3 Å². The van der Waals surface area contributed by atoms with Gasteiger partial charge in [0.1, 0.15) is 0 Å². The zero-order valence-electron chi connectivity index (χ0n) is 7.31. The normalized spacial score (nSPS) is 9.83. The third-order valence-electron chi connectivity index (χ3n) is 1.77. The first kappa shape index (κ1) is 9.04. The van der Waals surface area contributed by atoms with Gasteiger partial charge >= 0.3 is 0 Å². The highest BCUT2D eigenvalue weighted by atomic mass is 19.1. The van der Waals surface area contributed by atoms with Crippen molar-refractivity contribution < 1.29 is 4.39 Å². The zero-order chi connectivity index (χ0) is 8.81. The Bertz CT molecular complexity index is 235. The van der Waals surface area contributed by atoms with Crippen molar-refractivity contribution in [3.05, 3.63) is 29.8 Å². The molecule has 1 N–H and O–H groups in total. The lowest BCUT2D eigenvalue weighted by Gasteiger charge is -2.07. The van der Waals surface area contributed by atoms with E-state index in [-0.39, 0.29) is 6.67 Å². The molecule has 0 saturated heterocycles. The number of alkyl halides is 1. The molecule has 1 aromatic rings. The van der Waals surface area contributed by atoms with Crippen LogP contribution in [0.2, 0.25) is 0 Å². The summed E-state index contributed by atoms with van der Waals surface area (Å²) >= 11 is 0. The minimum absolute atomic E-state index is 0.251. The number of nitrogens with one attached hydrogen (secondary N) is 1. The van der Waals surface area contributed by atoms with Crippen LogP contribution >= 0.6 is 0 Å². The van der Waals surface area contributed by atoms with Gasteiger partial charge in [-0.3, -0.25) is 4.39 Å². The van der Waals surface area contributed by atoms with Gasteiger partial charge in [-0.1, -0.05) is 18.2 Å². The van der Waals surface area contributed by atoms with E-state index in [1.54, 1.807) is 0 Å². The minimum Gasteiger partial charge on any atom is -0.385 e. The summed E-state index contributed by atoms with van der Waals surface area (Å²) < 4.78 is 11.8. The number of halogens is 1. The maximum absolute atomic E-state index is 11.8. The van der Waals surface area contributed by atoms with Crippen LogP contribution in [0.5, 0.6) is 0 Å². The number of rotatable bonds is 4. The Morgan fingerprint density at radius 1 is 1.33 bits per heavy atom. The molecule has 12 heavy (non-hydrogen) atoms. The Kier molecular flexibility index (Phi) is 3.58. The average Bonchev–Trinajstić information content (AvgIpc) is 2.09. The summed E-state index contributed by atoms with van der Waals surface area (Å²) in [6.45, 7) is 2.50. The van der Waals surface area contributed by atoms with Gasteiger partial charge in [0, 0.05) is 12.2 Å². The molecule has 0 aliphatic rings. The summed E-state index contributed by atoms with van der Waals surface area (Å²) in [6.07, 6.45) is 0.578. The third kappa shape index (κ3) is 2.53. The van der Waals surface area contributed by atoms with Gasteiger partial charge in [-0.25, -0.2) is 0 Å². The monoisotopic (exact) mass is 167 g/mol. The van der Waals surface area contributed by atoms with Gasteiger partial charge in [-0.05, 0) is 25.0 Å². The molecule has 66 valence electrons. The Morgan fingerprint density at radius 2 is 2.08 bits per heavy atom. The fraction of sp³-hybridized carbons (Fsp3) is 0.400. The molecule has 1 aromatic carbocycles. The van der Waals surface area contributed by atoms with Crippen LogP contribution < -0.4 is 5.32 Å². The van der Waals surface area contributed by atoms with Crippen LogP contribution in [0, 0.1) is 6.92 Å². The Morgan fingerprint density at radius 3 is 2.75 bits per heavy atom. The van der Waals surface area contributed by atoms with E-state index in [0.29, 0.717) is 13.0 Å². The van der Waals surface area contributed by atoms with E-state index >= 15 is 0 Å². The molecule has 0 aromatic heterocycles. The van der Waals surface area contributed by atoms with Crippen molar-refractivity contribution in [1.82, 2.24) is 0 Å². The standard InChI is InChI=1S/C10H14FN/c1-9-5-2-3-6-10(9)12-8-4-7-11/h2-3,5-6,12H,4,7-8H2,1H3. The minimum atomic E-state index is -0.251. The maximum Gasteiger partial charge on any atom is 0.0911 e. The SMILES string of the molecule is Cc1ccccc1NCCCF. The molecule has 0 aliphatic heterocycles. The fourth-order valence-electron chi connectivity index (χ4n) is 1.06. The van der Waals surface area contributed by atoms with Crippen LogP contribution in [-0.2, 0) is 0 Å². The highest BCUT2D eigenvalue weighted by molar-refractivity contribution is 5.49. The summed E-state index contributed by atoms with van der Waals surface area (Å²) in [5, 5.41) is 3.17. The molecule has 0 saturated carbocycles. The van der Waals surface area contributed by atoms with Crippen LogP contribution in [0.15, 0.2) is 24.3 Å². The molecule has 0 heterocycles. The molecule has 0 spiro atoms. The van der Waals surface area contributed by atoms with Gasteiger partial charge in [-0.2, -0.15) is 0 Å². The molecule has 0 atom stereocenters. The third-order valence-corrected chi connectivity index (χ3v) is 1.77. The number of para-hydroxylation sites is 1. The first-order valence-corrected chi connectivity index (χ1v) is 4.20. The molecule has 0 fully saturated rings. The first-order valence-electron chi connectivity index (χ1n) is 4.20. The maximum atomic E-state index is 11.8. The summed E-state index contributed by atoms with van der Waals surface area (Å²) in [4.78, 5) is 0. The number of benzene rings is 1. The van der Waals surface area contributed by atoms with Crippen molar-refractivity contribution in [2.75, 3.05) is 18.5 Å². The van der Waals surface area contributed by atoms with Crippen molar-refractivity contribution in [3.63, 3.8) is 0 Å². The number of anilines is 1. The number of hydrogen-bond donors (Lipinski definition) is 1. The summed E-state index contributed by atoms with van der Waals surface area (Å²) in [7, 11) is 0. The Labute approximate surface area is 72.6 Å². The first-order chi connectivity index (χ1) is 5.84. The van der Waals surface area contributed by atoms with Gasteiger partial charge in [0.2, 0.25) is 0 Å². The molecule has 0 aliphatic carbocycles. The van der Waals surface area contributed by atoms with Gasteiger partial charge in [0.05, 0.1) is 6.67 Å². The fourth-order valence-corrected chi connectivity index (χ4v) is 1.06. The predicted molar refractivity (Wildman–Crippen MR) is 50.3 cm³/mol. The highest BCUT2D eigenvalue weighted by Gasteiger charge is 1.93. The molecule has 0 radical (unpaired) electrons. The lowest BCUT2D eigenvalue weighted by molar-refractivity contribution is 0.481. The average molecular weight is 167 g/mol. The molecular weight excluding hydrogens is 153 g/mol. The van der Waals surface area contributed by atoms with Crippen LogP contribution in [0.3, 0.4) is 0 Å². The topological polar surface area (TPSA) is 12.0 Å². The van der Waals surface area contributed by atoms with E-state index in [1.165, 1.54) is 5.56 Å². The zero-order valence-corrected chi connectivity index (χ0v) is 7.31. The van der Waals surface area contributed by atoms with Gasteiger partial charge in [0.15, 0.2) is 0 Å². The van der Waals surface area contributed by atoms with Crippen molar-refractivity contribution in [1.29, 1.82) is 0 Å². The molecule has 0 unspecified atom stereocenters. The summed E-state index contributed by atoms with van der Waals surface area (Å²) in [5.41, 5.74) is 2.31. The van der Waals surface area contributed by atoms with Crippen molar-refractivity contribution >= 4 is 5.69 Å². The van der Waals surface area contributed by atoms with E-state index in [1.807, 2.05) is 31.2 Å². The van der Waals surface area contributed by atoms with Gasteiger partial charge < -0.3 is 5.32 Å². The summed E-state index contributed by atoms with van der Waals surface area (Å²) in [5.74, 6) is 0. The van der Waals surface area contributed by atoms with Crippen LogP contribution in [0.4, 0.5) is 10.1 Å². The van der Waals surface area contributed by atoms with E-state index in [4.69, 9.17) is 0 Å². The van der Waals surface area contributed by atoms with Gasteiger partial charge in [-0.15, -0.1) is 0 Å². The second-order valence-corrected chi connectivity index (χ2v) is 2.78. The van der Waals surface area contributed by atoms with E-state index in [9.17, 15) is 4.39 Å². The lowest BCUT2D eigenvalue weighted by Crippen LogP contribution is -2.03. The van der Waals surface area contributed by atoms with Crippen LogP contribution in [0.25, 0.3) is 0 Å². The Hall–Kier alpha value is -1.05. The molecular formula is C10H14FN. The molecule has 0 bridgehead atoms. The largest absolute Gasteiger partial charge is 0.385 e. The lowest BCUT2D eigenvalue weighted by atomic mass is 10.2. The molecule has 0 amide bonds.